The van der Waals surface area contributed by atoms with E-state index in [9.17, 15) is 14.7 Å². The fraction of sp³-hybridized carbons (Fsp3) is 0.324. The molecule has 0 saturated carbocycles. The number of amides is 1. The Bertz CT molecular complexity index is 2060. The number of ether oxygens (including phenoxy) is 1. The van der Waals surface area contributed by atoms with E-state index in [0.717, 1.165) is 60.9 Å². The summed E-state index contributed by atoms with van der Waals surface area (Å²) in [6.07, 6.45) is 1.23. The van der Waals surface area contributed by atoms with Gasteiger partial charge in [0.25, 0.3) is 5.91 Å². The molecule has 2 atom stereocenters. The Balaban J connectivity index is 1.51. The average molecular weight is 674 g/mol. The molecule has 8 nitrogen and oxygen atoms in total. The number of fused-ring (bicyclic) bond motifs is 3. The van der Waals surface area contributed by atoms with Crippen LogP contribution in [0.1, 0.15) is 75.2 Å². The highest BCUT2D eigenvalue weighted by Gasteiger charge is 2.40. The van der Waals surface area contributed by atoms with Gasteiger partial charge in [0.2, 0.25) is 0 Å². The molecule has 0 spiro atoms. The number of hydrogen-bond acceptors (Lipinski definition) is 4. The number of carboxylic acid groups (broad SMARTS) is 1. The van der Waals surface area contributed by atoms with Crippen LogP contribution in [0.25, 0.3) is 22.0 Å². The fourth-order valence-corrected chi connectivity index (χ4v) is 7.37. The van der Waals surface area contributed by atoms with Crippen molar-refractivity contribution in [1.82, 2.24) is 14.3 Å². The van der Waals surface area contributed by atoms with Crippen molar-refractivity contribution in [2.75, 3.05) is 11.5 Å². The van der Waals surface area contributed by atoms with E-state index in [4.69, 9.17) is 27.9 Å². The molecule has 0 radical (unpaired) electrons. The zero-order valence-corrected chi connectivity index (χ0v) is 29.1. The molecule has 2 aromatic heterocycles. The number of hydrogen-bond donors (Lipinski definition) is 1. The highest BCUT2D eigenvalue weighted by Crippen LogP contribution is 2.46. The summed E-state index contributed by atoms with van der Waals surface area (Å²) < 4.78 is 10.2. The van der Waals surface area contributed by atoms with Crippen LogP contribution < -0.4 is 9.64 Å². The van der Waals surface area contributed by atoms with Gasteiger partial charge in [0.05, 0.1) is 40.5 Å². The van der Waals surface area contributed by atoms with Crippen LogP contribution in [0.4, 0.5) is 5.69 Å². The van der Waals surface area contributed by atoms with E-state index in [2.05, 4.69) is 16.6 Å². The van der Waals surface area contributed by atoms with Gasteiger partial charge in [0.15, 0.2) is 0 Å². The number of carboxylic acids is 1. The van der Waals surface area contributed by atoms with E-state index >= 15 is 0 Å². The van der Waals surface area contributed by atoms with Crippen molar-refractivity contribution in [3.05, 3.63) is 97.9 Å². The van der Waals surface area contributed by atoms with E-state index in [-0.39, 0.29) is 23.6 Å². The predicted molar refractivity (Wildman–Crippen MR) is 188 cm³/mol. The molecule has 0 fully saturated rings. The minimum Gasteiger partial charge on any atom is -0.494 e. The maximum absolute atomic E-state index is 14.7. The Morgan fingerprint density at radius 1 is 0.979 bits per heavy atom. The molecule has 3 aromatic carbocycles. The predicted octanol–water partition coefficient (Wildman–Crippen LogP) is 8.90. The first-order valence-corrected chi connectivity index (χ1v) is 16.5. The van der Waals surface area contributed by atoms with Crippen molar-refractivity contribution in [3.8, 4) is 16.9 Å². The summed E-state index contributed by atoms with van der Waals surface area (Å²) in [6.45, 7) is 12.5. The smallest absolute Gasteiger partial charge is 0.335 e. The molecule has 47 heavy (non-hydrogen) atoms. The van der Waals surface area contributed by atoms with Gasteiger partial charge in [-0.25, -0.2) is 4.79 Å². The lowest BCUT2D eigenvalue weighted by Crippen LogP contribution is -2.49. The van der Waals surface area contributed by atoms with E-state index in [1.807, 2.05) is 70.6 Å². The summed E-state index contributed by atoms with van der Waals surface area (Å²) in [6, 6.07) is 13.9. The lowest BCUT2D eigenvalue weighted by Gasteiger charge is -2.40. The van der Waals surface area contributed by atoms with Gasteiger partial charge in [-0.2, -0.15) is 5.10 Å². The molecule has 1 N–H and O–H groups in total. The Kier molecular flexibility index (Phi) is 8.61. The quantitative estimate of drug-likeness (QED) is 0.166. The minimum absolute atomic E-state index is 0.128. The van der Waals surface area contributed by atoms with Crippen LogP contribution in [0.5, 0.6) is 5.75 Å². The zero-order valence-electron chi connectivity index (χ0n) is 27.6. The molecule has 3 heterocycles. The van der Waals surface area contributed by atoms with Gasteiger partial charge in [-0.3, -0.25) is 9.48 Å². The van der Waals surface area contributed by atoms with Crippen molar-refractivity contribution in [1.29, 1.82) is 0 Å². The number of rotatable bonds is 8. The van der Waals surface area contributed by atoms with E-state index in [1.54, 1.807) is 23.1 Å². The number of carbonyl (C=O) groups excluding carboxylic acids is 1. The molecule has 0 aliphatic carbocycles. The highest BCUT2D eigenvalue weighted by atomic mass is 35.5. The third-order valence-electron chi connectivity index (χ3n) is 9.53. The van der Waals surface area contributed by atoms with Gasteiger partial charge < -0.3 is 19.3 Å². The maximum Gasteiger partial charge on any atom is 0.335 e. The van der Waals surface area contributed by atoms with Crippen molar-refractivity contribution in [2.24, 2.45) is 7.05 Å². The molecule has 10 heteroatoms. The zero-order chi connectivity index (χ0) is 33.9. The fourth-order valence-electron chi connectivity index (χ4n) is 7.01. The molecule has 0 bridgehead atoms. The molecule has 6 rings (SSSR count). The van der Waals surface area contributed by atoms with Gasteiger partial charge in [-0.15, -0.1) is 0 Å². The lowest BCUT2D eigenvalue weighted by atomic mass is 9.98. The lowest BCUT2D eigenvalue weighted by molar-refractivity contribution is 0.0696. The standard InChI is InChI=1S/C37H38Cl2N4O4/c1-19-16-27(17-20(2)33(19)39)47-15-9-12-28-29-13-14-30(38)32(31-21(3)40-41(7)24(31)6)34(29)43-23(5)22(4)42(36(44)35(28)43)26-11-8-10-25(18-26)37(45)46/h8,10-11,13-14,16-18,22-23H,9,12,15H2,1-7H3,(H,45,46)/t22-,23-/m1/s1. The summed E-state index contributed by atoms with van der Waals surface area (Å²) in [5.74, 6) is -0.469. The molecule has 244 valence electrons. The molecule has 0 unspecified atom stereocenters. The maximum atomic E-state index is 14.7. The number of aromatic nitrogens is 3. The first-order valence-electron chi connectivity index (χ1n) is 15.7. The Labute approximate surface area is 284 Å². The molecule has 0 saturated heterocycles. The molecular formula is C37H38Cl2N4O4. The molecule has 5 aromatic rings. The van der Waals surface area contributed by atoms with Crippen LogP contribution >= 0.6 is 23.2 Å². The van der Waals surface area contributed by atoms with Crippen molar-refractivity contribution >= 4 is 51.7 Å². The number of anilines is 1. The van der Waals surface area contributed by atoms with E-state index < -0.39 is 5.97 Å². The second-order valence-electron chi connectivity index (χ2n) is 12.5. The molecular weight excluding hydrogens is 635 g/mol. The van der Waals surface area contributed by atoms with Crippen LogP contribution in [0.15, 0.2) is 48.5 Å². The third-order valence-corrected chi connectivity index (χ3v) is 10.4. The largest absolute Gasteiger partial charge is 0.494 e. The summed E-state index contributed by atoms with van der Waals surface area (Å²) in [7, 11) is 1.92. The van der Waals surface area contributed by atoms with Gasteiger partial charge in [0, 0.05) is 40.0 Å². The first-order chi connectivity index (χ1) is 22.3. The average Bonchev–Trinajstić information content (AvgIpc) is 3.49. The van der Waals surface area contributed by atoms with Gasteiger partial charge in [-0.1, -0.05) is 35.3 Å². The van der Waals surface area contributed by atoms with Gasteiger partial charge >= 0.3 is 5.97 Å². The highest BCUT2D eigenvalue weighted by molar-refractivity contribution is 6.35. The summed E-state index contributed by atoms with van der Waals surface area (Å²) >= 11 is 13.4. The minimum atomic E-state index is -1.04. The second kappa shape index (κ2) is 12.4. The topological polar surface area (TPSA) is 89.6 Å². The van der Waals surface area contributed by atoms with Gasteiger partial charge in [-0.05, 0) is 107 Å². The molecule has 1 amide bonds. The summed E-state index contributed by atoms with van der Waals surface area (Å²) in [5.41, 5.74) is 8.62. The Morgan fingerprint density at radius 3 is 2.32 bits per heavy atom. The molecule has 1 aliphatic rings. The second-order valence-corrected chi connectivity index (χ2v) is 13.3. The van der Waals surface area contributed by atoms with Crippen LogP contribution in [-0.4, -0.2) is 44.0 Å². The van der Waals surface area contributed by atoms with Crippen LogP contribution in [0.3, 0.4) is 0 Å². The van der Waals surface area contributed by atoms with Crippen molar-refractivity contribution < 1.29 is 19.4 Å². The third kappa shape index (κ3) is 5.47. The number of aryl methyl sites for hydroxylation is 5. The Morgan fingerprint density at radius 2 is 1.68 bits per heavy atom. The summed E-state index contributed by atoms with van der Waals surface area (Å²) in [5, 5.41) is 16.7. The monoisotopic (exact) mass is 672 g/mol. The number of aromatic carboxylic acids is 1. The van der Waals surface area contributed by atoms with Gasteiger partial charge in [0.1, 0.15) is 11.4 Å². The number of benzene rings is 3. The normalized spacial score (nSPS) is 16.2. The van der Waals surface area contributed by atoms with Crippen LogP contribution in [-0.2, 0) is 13.5 Å². The van der Waals surface area contributed by atoms with Crippen molar-refractivity contribution in [3.63, 3.8) is 0 Å². The summed E-state index contributed by atoms with van der Waals surface area (Å²) in [4.78, 5) is 28.3. The SMILES string of the molecule is Cc1cc(OCCCc2c3n(c4c(-c5c(C)nn(C)c5C)c(Cl)ccc24)[C@H](C)[C@@H](C)N(c2cccc(C(=O)O)c2)C3=O)cc(C)c1Cl. The first kappa shape index (κ1) is 32.7. The van der Waals surface area contributed by atoms with Crippen molar-refractivity contribution in [2.45, 2.75) is 66.5 Å². The van der Waals surface area contributed by atoms with Crippen LogP contribution in [0, 0.1) is 27.7 Å². The number of carbonyl (C=O) groups is 2. The van der Waals surface area contributed by atoms with E-state index in [0.29, 0.717) is 35.9 Å². The number of halogens is 2. The van der Waals surface area contributed by atoms with Crippen LogP contribution in [0.2, 0.25) is 10.0 Å². The Hall–Kier alpha value is -4.27. The number of nitrogens with zero attached hydrogens (tertiary/aromatic N) is 4. The van der Waals surface area contributed by atoms with E-state index in [1.165, 1.54) is 6.07 Å². The molecule has 1 aliphatic heterocycles.